The number of ether oxygens (including phenoxy) is 2. The third-order valence-electron chi connectivity index (χ3n) is 6.45. The second-order valence-corrected chi connectivity index (χ2v) is 11.4. The number of hydrogen-bond acceptors (Lipinski definition) is 10. The lowest BCUT2D eigenvalue weighted by molar-refractivity contribution is -0.0363. The average molecular weight is 602 g/mol. The normalized spacial score (nSPS) is 15.5. The lowest BCUT2D eigenvalue weighted by Gasteiger charge is -2.25. The number of nitrogens with one attached hydrogen (secondary N) is 2. The minimum absolute atomic E-state index is 0.00497. The van der Waals surface area contributed by atoms with Crippen LogP contribution in [0.4, 0.5) is 36.2 Å². The molecular formula is C27H26F3N7O4S. The Kier molecular flexibility index (Phi) is 8.19. The van der Waals surface area contributed by atoms with Crippen molar-refractivity contribution in [3.05, 3.63) is 53.7 Å². The maximum Gasteiger partial charge on any atom is 0.295 e. The quantitative estimate of drug-likeness (QED) is 0.243. The van der Waals surface area contributed by atoms with E-state index in [9.17, 15) is 26.9 Å². The van der Waals surface area contributed by atoms with Crippen molar-refractivity contribution in [3.63, 3.8) is 0 Å². The number of nitriles is 1. The maximum atomic E-state index is 14.3. The zero-order valence-electron chi connectivity index (χ0n) is 22.6. The van der Waals surface area contributed by atoms with E-state index >= 15 is 0 Å². The van der Waals surface area contributed by atoms with Crippen LogP contribution < -0.4 is 15.4 Å². The van der Waals surface area contributed by atoms with Crippen LogP contribution in [0.3, 0.4) is 0 Å². The van der Waals surface area contributed by atoms with Gasteiger partial charge in [0, 0.05) is 18.9 Å². The largest absolute Gasteiger partial charge is 0.491 e. The van der Waals surface area contributed by atoms with Crippen LogP contribution in [-0.2, 0) is 14.6 Å². The van der Waals surface area contributed by atoms with Crippen molar-refractivity contribution in [1.82, 2.24) is 19.5 Å². The van der Waals surface area contributed by atoms with Crippen molar-refractivity contribution in [2.45, 2.75) is 43.7 Å². The lowest BCUT2D eigenvalue weighted by Crippen LogP contribution is -2.20. The molecule has 2 N–H and O–H groups in total. The molecule has 1 atom stereocenters. The lowest BCUT2D eigenvalue weighted by atomic mass is 10.2. The molecule has 0 bridgehead atoms. The molecule has 5 rings (SSSR count). The van der Waals surface area contributed by atoms with Crippen LogP contribution in [0.1, 0.15) is 50.4 Å². The Morgan fingerprint density at radius 3 is 2.60 bits per heavy atom. The Labute approximate surface area is 239 Å². The second-order valence-electron chi connectivity index (χ2n) is 9.44. The molecule has 220 valence electrons. The van der Waals surface area contributed by atoms with Gasteiger partial charge in [0.1, 0.15) is 35.3 Å². The zero-order chi connectivity index (χ0) is 30.0. The van der Waals surface area contributed by atoms with Gasteiger partial charge in [-0.2, -0.15) is 5.26 Å². The van der Waals surface area contributed by atoms with Gasteiger partial charge in [-0.1, -0.05) is 0 Å². The molecular weight excluding hydrogens is 575 g/mol. The van der Waals surface area contributed by atoms with Crippen LogP contribution >= 0.6 is 0 Å². The predicted molar refractivity (Wildman–Crippen MR) is 148 cm³/mol. The molecule has 0 saturated carbocycles. The number of nitrogens with zero attached hydrogens (tertiary/aromatic N) is 5. The number of fused-ring (bicyclic) bond motifs is 1. The zero-order valence-corrected chi connectivity index (χ0v) is 23.4. The van der Waals surface area contributed by atoms with Gasteiger partial charge in [-0.05, 0) is 56.5 Å². The molecule has 4 aromatic rings. The van der Waals surface area contributed by atoms with E-state index in [-0.39, 0.29) is 50.5 Å². The highest BCUT2D eigenvalue weighted by molar-refractivity contribution is 7.90. The number of pyridine rings is 2. The van der Waals surface area contributed by atoms with Crippen molar-refractivity contribution < 1.29 is 31.1 Å². The van der Waals surface area contributed by atoms with E-state index in [4.69, 9.17) is 9.47 Å². The topological polar surface area (TPSA) is 144 Å². The van der Waals surface area contributed by atoms with Gasteiger partial charge in [0.15, 0.2) is 32.8 Å². The molecule has 0 spiro atoms. The van der Waals surface area contributed by atoms with Crippen LogP contribution in [0.15, 0.2) is 41.3 Å². The molecule has 11 nitrogen and oxygen atoms in total. The first kappa shape index (κ1) is 29.1. The molecule has 1 unspecified atom stereocenters. The minimum Gasteiger partial charge on any atom is -0.491 e. The van der Waals surface area contributed by atoms with E-state index in [0.717, 1.165) is 31.2 Å². The Balaban J connectivity index is 1.69. The Morgan fingerprint density at radius 1 is 1.12 bits per heavy atom. The number of aromatic nitrogens is 4. The number of imidazole rings is 1. The Morgan fingerprint density at radius 2 is 1.93 bits per heavy atom. The number of halogens is 3. The molecule has 0 radical (unpaired) electrons. The van der Waals surface area contributed by atoms with Gasteiger partial charge in [-0.25, -0.2) is 36.5 Å². The molecule has 42 heavy (non-hydrogen) atoms. The Hall–Kier alpha value is -4.42. The summed E-state index contributed by atoms with van der Waals surface area (Å²) in [6, 6.07) is 9.66. The highest BCUT2D eigenvalue weighted by Gasteiger charge is 2.29. The molecule has 1 aliphatic heterocycles. The average Bonchev–Trinajstić information content (AvgIpc) is 3.35. The fourth-order valence-corrected chi connectivity index (χ4v) is 5.50. The summed E-state index contributed by atoms with van der Waals surface area (Å²) in [7, 11) is -3.89. The van der Waals surface area contributed by atoms with Gasteiger partial charge in [0.25, 0.3) is 6.43 Å². The number of alkyl halides is 2. The van der Waals surface area contributed by atoms with Crippen molar-refractivity contribution in [3.8, 4) is 11.8 Å². The van der Waals surface area contributed by atoms with E-state index in [1.165, 1.54) is 16.7 Å². The summed E-state index contributed by atoms with van der Waals surface area (Å²) in [6.45, 7) is 2.47. The summed E-state index contributed by atoms with van der Waals surface area (Å²) in [6.07, 6.45) is -0.821. The molecule has 1 aromatic carbocycles. The van der Waals surface area contributed by atoms with Gasteiger partial charge in [0.2, 0.25) is 0 Å². The summed E-state index contributed by atoms with van der Waals surface area (Å²) in [5.74, 6) is -0.725. The Bertz CT molecular complexity index is 1780. The van der Waals surface area contributed by atoms with Crippen LogP contribution in [-0.4, -0.2) is 47.4 Å². The van der Waals surface area contributed by atoms with Crippen LogP contribution in [0.2, 0.25) is 0 Å². The van der Waals surface area contributed by atoms with Crippen LogP contribution in [0.25, 0.3) is 11.2 Å². The first-order valence-electron chi connectivity index (χ1n) is 13.0. The second kappa shape index (κ2) is 11.8. The standard InChI is InChI=1S/C27H26F3N7O4S/c1-3-40-19-9-10-21(33-18(19)14-31)34-22-13-17(32-16-8-7-15(28)12-20(16)42(2,38)39)24-26(35-22)37(27(36-24)25(29)30)23-6-4-5-11-41-23/h7-10,12-13,23,25H,3-6,11H2,1-2H3,(H2,32,33,34,35). The fourth-order valence-electron chi connectivity index (χ4n) is 4.66. The summed E-state index contributed by atoms with van der Waals surface area (Å²) >= 11 is 0. The van der Waals surface area contributed by atoms with Crippen molar-refractivity contribution in [2.24, 2.45) is 0 Å². The van der Waals surface area contributed by atoms with E-state index < -0.39 is 34.1 Å². The van der Waals surface area contributed by atoms with E-state index in [1.807, 2.05) is 6.07 Å². The van der Waals surface area contributed by atoms with E-state index in [1.54, 1.807) is 19.1 Å². The SMILES string of the molecule is CCOc1ccc(Nc2cc(Nc3ccc(F)cc3S(C)(=O)=O)c3nc(C(F)F)n(C4CCCCO4)c3n2)nc1C#N. The summed E-state index contributed by atoms with van der Waals surface area (Å²) in [5, 5.41) is 15.4. The molecule has 0 amide bonds. The minimum atomic E-state index is -3.89. The van der Waals surface area contributed by atoms with Crippen molar-refractivity contribution in [2.75, 3.05) is 30.1 Å². The first-order valence-corrected chi connectivity index (χ1v) is 14.9. The van der Waals surface area contributed by atoms with Gasteiger partial charge < -0.3 is 20.1 Å². The van der Waals surface area contributed by atoms with Gasteiger partial charge in [-0.15, -0.1) is 0 Å². The molecule has 3 aromatic heterocycles. The third kappa shape index (κ3) is 5.95. The van der Waals surface area contributed by atoms with Crippen LogP contribution in [0, 0.1) is 17.1 Å². The van der Waals surface area contributed by atoms with Gasteiger partial charge in [-0.3, -0.25) is 4.57 Å². The highest BCUT2D eigenvalue weighted by Crippen LogP contribution is 2.37. The number of rotatable bonds is 9. The maximum absolute atomic E-state index is 14.3. The third-order valence-corrected chi connectivity index (χ3v) is 7.58. The number of sulfone groups is 1. The molecule has 1 aliphatic rings. The molecule has 4 heterocycles. The summed E-state index contributed by atoms with van der Waals surface area (Å²) in [5.41, 5.74) is 0.198. The van der Waals surface area contributed by atoms with Gasteiger partial charge >= 0.3 is 0 Å². The summed E-state index contributed by atoms with van der Waals surface area (Å²) in [4.78, 5) is 12.7. The number of hydrogen-bond donors (Lipinski definition) is 2. The summed E-state index contributed by atoms with van der Waals surface area (Å²) < 4.78 is 80.0. The first-order chi connectivity index (χ1) is 20.1. The molecule has 15 heteroatoms. The highest BCUT2D eigenvalue weighted by atomic mass is 32.2. The monoisotopic (exact) mass is 601 g/mol. The molecule has 1 fully saturated rings. The number of benzene rings is 1. The van der Waals surface area contributed by atoms with Crippen molar-refractivity contribution in [1.29, 1.82) is 5.26 Å². The van der Waals surface area contributed by atoms with E-state index in [2.05, 4.69) is 25.6 Å². The fraction of sp³-hybridized carbons (Fsp3) is 0.333. The smallest absolute Gasteiger partial charge is 0.295 e. The predicted octanol–water partition coefficient (Wildman–Crippen LogP) is 5.76. The molecule has 0 aliphatic carbocycles. The van der Waals surface area contributed by atoms with E-state index in [0.29, 0.717) is 19.6 Å². The van der Waals surface area contributed by atoms with Gasteiger partial charge in [0.05, 0.1) is 22.9 Å². The number of anilines is 4. The molecule has 1 saturated heterocycles. The van der Waals surface area contributed by atoms with Crippen LogP contribution in [0.5, 0.6) is 5.75 Å². The van der Waals surface area contributed by atoms with Crippen molar-refractivity contribution >= 4 is 44.0 Å².